The van der Waals surface area contributed by atoms with Gasteiger partial charge in [0.1, 0.15) is 6.33 Å². The monoisotopic (exact) mass is 413 g/mol. The SMILES string of the molecule is Cc1ccc(S(=O)(=O)NC23CCN(CC2)CC3)cc1-c1cn2c(N)ncnc2n1. The summed E-state index contributed by atoms with van der Waals surface area (Å²) >= 11 is 0. The maximum Gasteiger partial charge on any atom is 0.241 e. The Kier molecular flexibility index (Phi) is 4.12. The van der Waals surface area contributed by atoms with E-state index in [4.69, 9.17) is 5.73 Å². The molecular weight excluding hydrogens is 390 g/mol. The van der Waals surface area contributed by atoms with Crippen LogP contribution in [0.15, 0.2) is 35.6 Å². The molecule has 3 aromatic rings. The van der Waals surface area contributed by atoms with Crippen LogP contribution < -0.4 is 10.5 Å². The fourth-order valence-corrected chi connectivity index (χ4v) is 5.84. The Morgan fingerprint density at radius 1 is 1.14 bits per heavy atom. The van der Waals surface area contributed by atoms with Gasteiger partial charge in [-0.15, -0.1) is 0 Å². The van der Waals surface area contributed by atoms with Crippen LogP contribution in [0.25, 0.3) is 17.0 Å². The molecule has 2 bridgehead atoms. The minimum Gasteiger partial charge on any atom is -0.369 e. The number of nitrogens with two attached hydrogens (primary N) is 1. The predicted octanol–water partition coefficient (Wildman–Crippen LogP) is 1.20. The van der Waals surface area contributed by atoms with Crippen LogP contribution in [0.2, 0.25) is 0 Å². The van der Waals surface area contributed by atoms with E-state index in [-0.39, 0.29) is 16.4 Å². The summed E-state index contributed by atoms with van der Waals surface area (Å²) in [6.07, 6.45) is 5.65. The molecule has 10 heteroatoms. The van der Waals surface area contributed by atoms with Crippen LogP contribution in [0.3, 0.4) is 0 Å². The second kappa shape index (κ2) is 6.48. The third-order valence-electron chi connectivity index (χ3n) is 6.16. The topological polar surface area (TPSA) is 119 Å². The smallest absolute Gasteiger partial charge is 0.241 e. The van der Waals surface area contributed by atoms with Crippen molar-refractivity contribution in [2.24, 2.45) is 0 Å². The summed E-state index contributed by atoms with van der Waals surface area (Å²) in [4.78, 5) is 15.2. The molecule has 2 aromatic heterocycles. The van der Waals surface area contributed by atoms with Gasteiger partial charge in [-0.1, -0.05) is 6.07 Å². The molecule has 3 fully saturated rings. The van der Waals surface area contributed by atoms with E-state index in [9.17, 15) is 8.42 Å². The Hall–Kier alpha value is -2.56. The van der Waals surface area contributed by atoms with Gasteiger partial charge in [0.15, 0.2) is 0 Å². The summed E-state index contributed by atoms with van der Waals surface area (Å²) in [6.45, 7) is 4.77. The number of benzene rings is 1. The van der Waals surface area contributed by atoms with Gasteiger partial charge >= 0.3 is 0 Å². The number of nitrogens with one attached hydrogen (secondary N) is 1. The molecule has 29 heavy (non-hydrogen) atoms. The summed E-state index contributed by atoms with van der Waals surface area (Å²) < 4.78 is 31.0. The first-order chi connectivity index (χ1) is 13.9. The van der Waals surface area contributed by atoms with Crippen LogP contribution in [0, 0.1) is 6.92 Å². The standard InChI is InChI=1S/C19H23N7O2S/c1-13-2-3-14(29(27,28)24-19-4-7-25(8-5-19)9-6-19)10-15(13)16-11-26-17(20)21-12-22-18(26)23-16/h2-3,10-12,24H,4-9H2,1H3,(H2,20,21,22,23). The first kappa shape index (κ1) is 18.5. The molecule has 6 rings (SSSR count). The zero-order chi connectivity index (χ0) is 20.2. The lowest BCUT2D eigenvalue weighted by atomic mass is 9.81. The lowest BCUT2D eigenvalue weighted by molar-refractivity contribution is 0.0761. The molecule has 3 aliphatic rings. The number of imidazole rings is 1. The van der Waals surface area contributed by atoms with Crippen molar-refractivity contribution in [1.82, 2.24) is 29.0 Å². The number of aryl methyl sites for hydroxylation is 1. The van der Waals surface area contributed by atoms with Crippen LogP contribution >= 0.6 is 0 Å². The number of hydrogen-bond acceptors (Lipinski definition) is 7. The van der Waals surface area contributed by atoms with E-state index in [1.807, 2.05) is 13.0 Å². The van der Waals surface area contributed by atoms with Crippen molar-refractivity contribution in [3.05, 3.63) is 36.3 Å². The van der Waals surface area contributed by atoms with Gasteiger partial charge in [-0.25, -0.2) is 28.1 Å². The Morgan fingerprint density at radius 3 is 2.55 bits per heavy atom. The molecule has 0 saturated carbocycles. The normalized spacial score (nSPS) is 24.2. The molecule has 3 saturated heterocycles. The molecule has 152 valence electrons. The fraction of sp³-hybridized carbons (Fsp3) is 0.421. The second-order valence-electron chi connectivity index (χ2n) is 7.98. The Balaban J connectivity index is 1.52. The van der Waals surface area contributed by atoms with Gasteiger partial charge < -0.3 is 10.6 Å². The van der Waals surface area contributed by atoms with Crippen molar-refractivity contribution in [1.29, 1.82) is 0 Å². The van der Waals surface area contributed by atoms with E-state index in [0.29, 0.717) is 11.5 Å². The summed E-state index contributed by atoms with van der Waals surface area (Å²) in [7, 11) is -3.65. The van der Waals surface area contributed by atoms with Gasteiger partial charge in [0.2, 0.25) is 21.7 Å². The third-order valence-corrected chi connectivity index (χ3v) is 7.74. The highest BCUT2D eigenvalue weighted by atomic mass is 32.2. The van der Waals surface area contributed by atoms with Gasteiger partial charge in [-0.05, 0) is 63.5 Å². The van der Waals surface area contributed by atoms with Crippen LogP contribution in [0.5, 0.6) is 0 Å². The van der Waals surface area contributed by atoms with Crippen molar-refractivity contribution in [2.75, 3.05) is 25.4 Å². The molecule has 5 heterocycles. The minimum atomic E-state index is -3.65. The van der Waals surface area contributed by atoms with Gasteiger partial charge in [0.05, 0.1) is 10.6 Å². The van der Waals surface area contributed by atoms with Crippen molar-refractivity contribution >= 4 is 21.7 Å². The van der Waals surface area contributed by atoms with E-state index in [1.54, 1.807) is 22.7 Å². The predicted molar refractivity (Wildman–Crippen MR) is 109 cm³/mol. The van der Waals surface area contributed by atoms with Gasteiger partial charge in [0, 0.05) is 17.3 Å². The summed E-state index contributed by atoms with van der Waals surface area (Å²) in [5, 5.41) is 0. The number of piperidine rings is 3. The molecular formula is C19H23N7O2S. The molecule has 3 aliphatic heterocycles. The quantitative estimate of drug-likeness (QED) is 0.660. The number of sulfonamides is 1. The summed E-state index contributed by atoms with van der Waals surface area (Å²) in [6, 6.07) is 5.14. The lowest BCUT2D eigenvalue weighted by Crippen LogP contribution is -2.60. The molecule has 0 spiro atoms. The molecule has 0 atom stereocenters. The number of anilines is 1. The highest BCUT2D eigenvalue weighted by Gasteiger charge is 2.42. The van der Waals surface area contributed by atoms with E-state index < -0.39 is 10.0 Å². The first-order valence-electron chi connectivity index (χ1n) is 9.68. The molecule has 0 radical (unpaired) electrons. The molecule has 3 N–H and O–H groups in total. The Labute approximate surface area is 169 Å². The van der Waals surface area contributed by atoms with E-state index in [0.717, 1.165) is 50.0 Å². The van der Waals surface area contributed by atoms with E-state index >= 15 is 0 Å². The van der Waals surface area contributed by atoms with Crippen molar-refractivity contribution < 1.29 is 8.42 Å². The number of nitrogen functional groups attached to an aromatic ring is 1. The summed E-state index contributed by atoms with van der Waals surface area (Å²) in [5.41, 5.74) is 7.81. The Bertz CT molecular complexity index is 1180. The van der Waals surface area contributed by atoms with E-state index in [1.165, 1.54) is 6.33 Å². The van der Waals surface area contributed by atoms with Crippen molar-refractivity contribution in [3.63, 3.8) is 0 Å². The number of nitrogens with zero attached hydrogens (tertiary/aromatic N) is 5. The maximum atomic E-state index is 13.2. The van der Waals surface area contributed by atoms with Crippen molar-refractivity contribution in [3.8, 4) is 11.3 Å². The highest BCUT2D eigenvalue weighted by molar-refractivity contribution is 7.89. The number of aromatic nitrogens is 4. The van der Waals surface area contributed by atoms with Gasteiger partial charge in [-0.3, -0.25) is 4.40 Å². The van der Waals surface area contributed by atoms with Crippen LogP contribution in [-0.2, 0) is 10.0 Å². The minimum absolute atomic E-state index is 0.247. The first-order valence-corrected chi connectivity index (χ1v) is 11.2. The second-order valence-corrected chi connectivity index (χ2v) is 9.66. The van der Waals surface area contributed by atoms with Gasteiger partial charge in [0.25, 0.3) is 0 Å². The number of hydrogen-bond donors (Lipinski definition) is 2. The molecule has 1 aromatic carbocycles. The maximum absolute atomic E-state index is 13.2. The average molecular weight is 414 g/mol. The number of fused-ring (bicyclic) bond motifs is 4. The zero-order valence-corrected chi connectivity index (χ0v) is 17.0. The molecule has 9 nitrogen and oxygen atoms in total. The number of rotatable bonds is 4. The lowest BCUT2D eigenvalue weighted by Gasteiger charge is -2.48. The average Bonchev–Trinajstić information content (AvgIpc) is 3.14. The van der Waals surface area contributed by atoms with Crippen LogP contribution in [-0.4, -0.2) is 57.8 Å². The zero-order valence-electron chi connectivity index (χ0n) is 16.2. The summed E-state index contributed by atoms with van der Waals surface area (Å²) in [5.74, 6) is 0.700. The molecule has 0 amide bonds. The van der Waals surface area contributed by atoms with Crippen LogP contribution in [0.1, 0.15) is 24.8 Å². The highest BCUT2D eigenvalue weighted by Crippen LogP contribution is 2.34. The Morgan fingerprint density at radius 2 is 1.86 bits per heavy atom. The van der Waals surface area contributed by atoms with Gasteiger partial charge in [-0.2, -0.15) is 0 Å². The van der Waals surface area contributed by atoms with Crippen LogP contribution in [0.4, 0.5) is 5.95 Å². The third kappa shape index (κ3) is 3.17. The fourth-order valence-electron chi connectivity index (χ4n) is 4.33. The molecule has 0 aliphatic carbocycles. The van der Waals surface area contributed by atoms with Crippen molar-refractivity contribution in [2.45, 2.75) is 36.6 Å². The largest absolute Gasteiger partial charge is 0.369 e. The van der Waals surface area contributed by atoms with E-state index in [2.05, 4.69) is 24.6 Å². The molecule has 0 unspecified atom stereocenters.